The van der Waals surface area contributed by atoms with Crippen molar-refractivity contribution >= 4 is 16.9 Å². The van der Waals surface area contributed by atoms with E-state index in [4.69, 9.17) is 5.73 Å². The van der Waals surface area contributed by atoms with Crippen molar-refractivity contribution in [2.45, 2.75) is 38.5 Å². The molecule has 0 spiro atoms. The molecule has 1 aromatic carbocycles. The molecule has 3 aromatic heterocycles. The minimum absolute atomic E-state index is 0.468. The van der Waals surface area contributed by atoms with Crippen molar-refractivity contribution in [3.8, 4) is 22.6 Å². The molecule has 3 N–H and O–H groups in total. The second kappa shape index (κ2) is 8.65. The number of rotatable bonds is 2. The van der Waals surface area contributed by atoms with Crippen molar-refractivity contribution in [2.24, 2.45) is 0 Å². The lowest BCUT2D eigenvalue weighted by Gasteiger charge is -2.05. The second-order valence-electron chi connectivity index (χ2n) is 7.10. The van der Waals surface area contributed by atoms with Crippen LogP contribution in [0.1, 0.15) is 38.5 Å². The summed E-state index contributed by atoms with van der Waals surface area (Å²) in [6.45, 7) is 0. The van der Waals surface area contributed by atoms with Gasteiger partial charge in [0.2, 0.25) is 0 Å². The van der Waals surface area contributed by atoms with Gasteiger partial charge in [0.05, 0.1) is 5.39 Å². The van der Waals surface area contributed by atoms with Crippen LogP contribution in [0.4, 0.5) is 5.82 Å². The number of hydrogen-bond donors (Lipinski definition) is 2. The molecular weight excluding hydrogens is 346 g/mol. The molecule has 3 heterocycles. The lowest BCUT2D eigenvalue weighted by atomic mass is 10.0. The first-order chi connectivity index (χ1) is 13.8. The number of nitrogens with zero attached hydrogens (tertiary/aromatic N) is 3. The summed E-state index contributed by atoms with van der Waals surface area (Å²) in [6.07, 6.45) is 12.4. The Bertz CT molecular complexity index is 1010. The van der Waals surface area contributed by atoms with Gasteiger partial charge in [-0.3, -0.25) is 4.98 Å². The van der Waals surface area contributed by atoms with Gasteiger partial charge < -0.3 is 10.7 Å². The minimum atomic E-state index is 0.468. The molecule has 5 rings (SSSR count). The van der Waals surface area contributed by atoms with E-state index >= 15 is 0 Å². The number of fused-ring (bicyclic) bond motifs is 1. The van der Waals surface area contributed by atoms with Crippen molar-refractivity contribution < 1.29 is 0 Å². The Morgan fingerprint density at radius 3 is 2.04 bits per heavy atom. The number of anilines is 1. The number of aromatic nitrogens is 4. The number of H-pyrrole nitrogens is 1. The predicted octanol–water partition coefficient (Wildman–Crippen LogP) is 5.61. The molecular formula is C23H25N5. The smallest absolute Gasteiger partial charge is 0.164 e. The summed E-state index contributed by atoms with van der Waals surface area (Å²) in [4.78, 5) is 16.3. The van der Waals surface area contributed by atoms with Crippen LogP contribution in [0.3, 0.4) is 0 Å². The van der Waals surface area contributed by atoms with Crippen LogP contribution >= 0.6 is 0 Å². The third-order valence-electron chi connectivity index (χ3n) is 5.04. The van der Waals surface area contributed by atoms with Crippen LogP contribution < -0.4 is 5.73 Å². The van der Waals surface area contributed by atoms with E-state index < -0.39 is 0 Å². The van der Waals surface area contributed by atoms with E-state index in [1.54, 1.807) is 12.4 Å². The molecule has 0 atom stereocenters. The SMILES string of the molecule is C1CCCCC1.Nc1nc(-c2ccncc2)nc2[nH]c(-c3ccccc3)cc12. The first-order valence-corrected chi connectivity index (χ1v) is 9.93. The highest BCUT2D eigenvalue weighted by Crippen LogP contribution is 2.27. The van der Waals surface area contributed by atoms with Gasteiger partial charge >= 0.3 is 0 Å². The van der Waals surface area contributed by atoms with Crippen LogP contribution in [0, 0.1) is 0 Å². The van der Waals surface area contributed by atoms with Crippen LogP contribution in [0.5, 0.6) is 0 Å². The monoisotopic (exact) mass is 371 g/mol. The standard InChI is InChI=1S/C17H13N5.C6H12/c18-15-13-10-14(11-4-2-1-3-5-11)20-17(13)22-16(21-15)12-6-8-19-9-7-12;1-2-4-6-5-3-1/h1-10H,(H3,18,20,21,22);1-6H2. The quantitative estimate of drug-likeness (QED) is 0.480. The maximum Gasteiger partial charge on any atom is 0.164 e. The molecule has 1 saturated carbocycles. The van der Waals surface area contributed by atoms with E-state index in [1.165, 1.54) is 38.5 Å². The summed E-state index contributed by atoms with van der Waals surface area (Å²) < 4.78 is 0. The summed E-state index contributed by atoms with van der Waals surface area (Å²) in [5.74, 6) is 1.06. The number of nitrogens with one attached hydrogen (secondary N) is 1. The van der Waals surface area contributed by atoms with Gasteiger partial charge in [-0.05, 0) is 23.8 Å². The molecule has 28 heavy (non-hydrogen) atoms. The van der Waals surface area contributed by atoms with E-state index in [0.29, 0.717) is 11.6 Å². The molecule has 4 aromatic rings. The van der Waals surface area contributed by atoms with Gasteiger partial charge in [0.1, 0.15) is 11.5 Å². The second-order valence-corrected chi connectivity index (χ2v) is 7.10. The van der Waals surface area contributed by atoms with Crippen molar-refractivity contribution in [3.05, 3.63) is 60.9 Å². The zero-order valence-corrected chi connectivity index (χ0v) is 15.9. The molecule has 0 amide bonds. The topological polar surface area (TPSA) is 80.5 Å². The number of nitrogen functional groups attached to an aromatic ring is 1. The first kappa shape index (κ1) is 18.2. The normalized spacial score (nSPS) is 13.7. The lowest BCUT2D eigenvalue weighted by Crippen LogP contribution is -1.96. The maximum atomic E-state index is 6.10. The van der Waals surface area contributed by atoms with Gasteiger partial charge in [-0.25, -0.2) is 9.97 Å². The first-order valence-electron chi connectivity index (χ1n) is 9.93. The molecule has 0 saturated heterocycles. The van der Waals surface area contributed by atoms with Crippen molar-refractivity contribution in [1.82, 2.24) is 19.9 Å². The zero-order chi connectivity index (χ0) is 19.2. The van der Waals surface area contributed by atoms with Crippen molar-refractivity contribution in [2.75, 3.05) is 5.73 Å². The summed E-state index contributed by atoms with van der Waals surface area (Å²) in [7, 11) is 0. The average molecular weight is 371 g/mol. The van der Waals surface area contributed by atoms with Crippen molar-refractivity contribution in [1.29, 1.82) is 0 Å². The Balaban J connectivity index is 0.000000275. The number of nitrogens with two attached hydrogens (primary N) is 1. The molecule has 1 fully saturated rings. The van der Waals surface area contributed by atoms with E-state index in [0.717, 1.165) is 27.9 Å². The van der Waals surface area contributed by atoms with Crippen LogP contribution in [-0.2, 0) is 0 Å². The Morgan fingerprint density at radius 2 is 1.39 bits per heavy atom. The molecule has 0 aliphatic heterocycles. The Hall–Kier alpha value is -3.21. The third-order valence-corrected chi connectivity index (χ3v) is 5.04. The zero-order valence-electron chi connectivity index (χ0n) is 15.9. The van der Waals surface area contributed by atoms with Crippen LogP contribution in [0.2, 0.25) is 0 Å². The van der Waals surface area contributed by atoms with Gasteiger partial charge in [0.15, 0.2) is 5.82 Å². The number of hydrogen-bond acceptors (Lipinski definition) is 4. The molecule has 5 heteroatoms. The number of aromatic amines is 1. The predicted molar refractivity (Wildman–Crippen MR) is 115 cm³/mol. The summed E-state index contributed by atoms with van der Waals surface area (Å²) in [6, 6.07) is 15.8. The van der Waals surface area contributed by atoms with E-state index in [-0.39, 0.29) is 0 Å². The van der Waals surface area contributed by atoms with Gasteiger partial charge in [-0.1, -0.05) is 68.9 Å². The average Bonchev–Trinajstić information content (AvgIpc) is 3.22. The fraction of sp³-hybridized carbons (Fsp3) is 0.261. The van der Waals surface area contributed by atoms with Gasteiger partial charge in [0, 0.05) is 23.7 Å². The molecule has 0 unspecified atom stereocenters. The van der Waals surface area contributed by atoms with E-state index in [1.807, 2.05) is 48.5 Å². The van der Waals surface area contributed by atoms with Gasteiger partial charge in [-0.15, -0.1) is 0 Å². The Kier molecular flexibility index (Phi) is 5.61. The Labute approximate surface area is 165 Å². The fourth-order valence-corrected chi connectivity index (χ4v) is 3.50. The Morgan fingerprint density at radius 1 is 0.750 bits per heavy atom. The minimum Gasteiger partial charge on any atom is -0.383 e. The van der Waals surface area contributed by atoms with Crippen LogP contribution in [0.25, 0.3) is 33.7 Å². The van der Waals surface area contributed by atoms with Crippen LogP contribution in [0.15, 0.2) is 60.9 Å². The molecule has 142 valence electrons. The molecule has 1 aliphatic carbocycles. The highest BCUT2D eigenvalue weighted by atomic mass is 15.0. The highest BCUT2D eigenvalue weighted by molar-refractivity contribution is 5.91. The maximum absolute atomic E-state index is 6.10. The van der Waals surface area contributed by atoms with Gasteiger partial charge in [0.25, 0.3) is 0 Å². The van der Waals surface area contributed by atoms with E-state index in [9.17, 15) is 0 Å². The largest absolute Gasteiger partial charge is 0.383 e. The summed E-state index contributed by atoms with van der Waals surface area (Å²) in [5, 5.41) is 0.830. The summed E-state index contributed by atoms with van der Waals surface area (Å²) in [5.41, 5.74) is 9.79. The highest BCUT2D eigenvalue weighted by Gasteiger charge is 2.11. The van der Waals surface area contributed by atoms with Crippen LogP contribution in [-0.4, -0.2) is 19.9 Å². The molecule has 0 radical (unpaired) electrons. The van der Waals surface area contributed by atoms with E-state index in [2.05, 4.69) is 19.9 Å². The summed E-state index contributed by atoms with van der Waals surface area (Å²) >= 11 is 0. The molecule has 1 aliphatic rings. The lowest BCUT2D eigenvalue weighted by molar-refractivity contribution is 0.504. The number of benzene rings is 1. The van der Waals surface area contributed by atoms with Crippen molar-refractivity contribution in [3.63, 3.8) is 0 Å². The fourth-order valence-electron chi connectivity index (χ4n) is 3.50. The molecule has 0 bridgehead atoms. The molecule has 5 nitrogen and oxygen atoms in total. The number of pyridine rings is 1. The third kappa shape index (κ3) is 4.19. The van der Waals surface area contributed by atoms with Gasteiger partial charge in [-0.2, -0.15) is 0 Å².